The first-order valence-corrected chi connectivity index (χ1v) is 11.2. The first-order chi connectivity index (χ1) is 14.4. The summed E-state index contributed by atoms with van der Waals surface area (Å²) in [6, 6.07) is 10.7. The van der Waals surface area contributed by atoms with Crippen molar-refractivity contribution < 1.29 is 14.4 Å². The molecule has 0 saturated carbocycles. The molecule has 3 amide bonds. The van der Waals surface area contributed by atoms with Gasteiger partial charge in [0, 0.05) is 34.3 Å². The van der Waals surface area contributed by atoms with Gasteiger partial charge in [-0.1, -0.05) is 17.7 Å². The summed E-state index contributed by atoms with van der Waals surface area (Å²) in [5.41, 5.74) is 2.54. The Hall–Kier alpha value is -2.51. The number of hydrogen-bond acceptors (Lipinski definition) is 4. The molecule has 0 atom stereocenters. The molecule has 30 heavy (non-hydrogen) atoms. The van der Waals surface area contributed by atoms with Gasteiger partial charge in [0.15, 0.2) is 0 Å². The molecule has 2 aliphatic rings. The van der Waals surface area contributed by atoms with Crippen LogP contribution in [-0.4, -0.2) is 48.0 Å². The molecular formula is C22H22ClN3O3S. The van der Waals surface area contributed by atoms with E-state index in [-0.39, 0.29) is 30.0 Å². The number of amides is 3. The van der Waals surface area contributed by atoms with Crippen LogP contribution in [0.15, 0.2) is 41.3 Å². The van der Waals surface area contributed by atoms with Crippen LogP contribution in [0.2, 0.25) is 5.02 Å². The predicted octanol–water partition coefficient (Wildman–Crippen LogP) is 3.96. The van der Waals surface area contributed by atoms with Crippen molar-refractivity contribution in [1.29, 1.82) is 0 Å². The third-order valence-electron chi connectivity index (χ3n) is 5.39. The highest BCUT2D eigenvalue weighted by molar-refractivity contribution is 8.00. The Morgan fingerprint density at radius 3 is 2.70 bits per heavy atom. The Morgan fingerprint density at radius 2 is 1.93 bits per heavy atom. The Bertz CT molecular complexity index is 1020. The van der Waals surface area contributed by atoms with Gasteiger partial charge >= 0.3 is 0 Å². The van der Waals surface area contributed by atoms with Gasteiger partial charge in [-0.3, -0.25) is 14.4 Å². The number of thioether (sulfide) groups is 1. The lowest BCUT2D eigenvalue weighted by Gasteiger charge is -2.29. The molecule has 2 aliphatic heterocycles. The highest BCUT2D eigenvalue weighted by Crippen LogP contribution is 2.36. The molecule has 6 nitrogen and oxygen atoms in total. The van der Waals surface area contributed by atoms with Crippen molar-refractivity contribution in [2.45, 2.75) is 24.7 Å². The Kier molecular flexibility index (Phi) is 6.01. The summed E-state index contributed by atoms with van der Waals surface area (Å²) in [5.74, 6) is -0.244. The summed E-state index contributed by atoms with van der Waals surface area (Å²) in [4.78, 5) is 42.3. The average molecular weight is 444 g/mol. The Balaban J connectivity index is 1.56. The van der Waals surface area contributed by atoms with E-state index < -0.39 is 0 Å². The zero-order chi connectivity index (χ0) is 21.3. The second-order valence-electron chi connectivity index (χ2n) is 7.41. The van der Waals surface area contributed by atoms with E-state index in [0.717, 1.165) is 36.4 Å². The molecule has 2 aromatic carbocycles. The minimum Gasteiger partial charge on any atom is -0.339 e. The van der Waals surface area contributed by atoms with Crippen molar-refractivity contribution in [3.63, 3.8) is 0 Å². The van der Waals surface area contributed by atoms with E-state index in [0.29, 0.717) is 22.0 Å². The normalized spacial score (nSPS) is 15.9. The molecule has 0 radical (unpaired) electrons. The summed E-state index contributed by atoms with van der Waals surface area (Å²) >= 11 is 7.55. The summed E-state index contributed by atoms with van der Waals surface area (Å²) in [6.07, 6.45) is 2.03. The van der Waals surface area contributed by atoms with Gasteiger partial charge in [0.25, 0.3) is 5.91 Å². The van der Waals surface area contributed by atoms with Crippen LogP contribution in [0.1, 0.15) is 28.8 Å². The summed E-state index contributed by atoms with van der Waals surface area (Å²) < 4.78 is 0. The number of rotatable bonds is 4. The maximum atomic E-state index is 12.8. The van der Waals surface area contributed by atoms with E-state index in [4.69, 9.17) is 11.6 Å². The predicted molar refractivity (Wildman–Crippen MR) is 119 cm³/mol. The molecule has 2 aromatic rings. The van der Waals surface area contributed by atoms with E-state index in [9.17, 15) is 14.4 Å². The molecule has 8 heteroatoms. The monoisotopic (exact) mass is 443 g/mol. The zero-order valence-corrected chi connectivity index (χ0v) is 18.2. The van der Waals surface area contributed by atoms with Crippen LogP contribution < -0.4 is 10.2 Å². The minimum atomic E-state index is -0.317. The molecule has 0 aliphatic carbocycles. The number of carbonyl (C=O) groups is 3. The number of benzene rings is 2. The third-order valence-corrected chi connectivity index (χ3v) is 6.84. The van der Waals surface area contributed by atoms with Gasteiger partial charge < -0.3 is 15.1 Å². The van der Waals surface area contributed by atoms with Crippen LogP contribution >= 0.6 is 23.4 Å². The van der Waals surface area contributed by atoms with Crippen molar-refractivity contribution in [3.05, 3.63) is 52.5 Å². The average Bonchev–Trinajstić information content (AvgIpc) is 3.27. The quantitative estimate of drug-likeness (QED) is 0.776. The Labute approximate surface area is 184 Å². The van der Waals surface area contributed by atoms with Crippen LogP contribution in [0, 0.1) is 6.92 Å². The fourth-order valence-electron chi connectivity index (χ4n) is 3.69. The van der Waals surface area contributed by atoms with Crippen LogP contribution in [0.5, 0.6) is 0 Å². The maximum absolute atomic E-state index is 12.8. The number of fused-ring (bicyclic) bond motifs is 1. The lowest BCUT2D eigenvalue weighted by atomic mass is 10.1. The molecule has 2 heterocycles. The number of nitrogens with one attached hydrogen (secondary N) is 1. The minimum absolute atomic E-state index is 0.0303. The largest absolute Gasteiger partial charge is 0.339 e. The number of anilines is 2. The fourth-order valence-corrected chi connectivity index (χ4v) is 4.78. The van der Waals surface area contributed by atoms with Crippen LogP contribution in [0.4, 0.5) is 11.4 Å². The second kappa shape index (κ2) is 8.70. The number of hydrogen-bond donors (Lipinski definition) is 1. The van der Waals surface area contributed by atoms with Crippen molar-refractivity contribution in [1.82, 2.24) is 4.90 Å². The molecule has 0 spiro atoms. The maximum Gasteiger partial charge on any atom is 0.253 e. The molecular weight excluding hydrogens is 422 g/mol. The van der Waals surface area contributed by atoms with E-state index in [1.807, 2.05) is 17.9 Å². The van der Waals surface area contributed by atoms with Gasteiger partial charge in [-0.25, -0.2) is 0 Å². The van der Waals surface area contributed by atoms with Gasteiger partial charge in [-0.15, -0.1) is 11.8 Å². The molecule has 0 bridgehead atoms. The lowest BCUT2D eigenvalue weighted by Crippen LogP contribution is -2.41. The molecule has 1 N–H and O–H groups in total. The molecule has 1 saturated heterocycles. The van der Waals surface area contributed by atoms with E-state index in [1.54, 1.807) is 30.3 Å². The van der Waals surface area contributed by atoms with Gasteiger partial charge in [-0.05, 0) is 55.7 Å². The third kappa shape index (κ3) is 4.18. The van der Waals surface area contributed by atoms with Crippen molar-refractivity contribution in [2.24, 2.45) is 0 Å². The SMILES string of the molecule is Cc1c(Cl)cccc1NC(=O)CN1C(=O)CSc2ccc(C(=O)N3CCCC3)cc21. The van der Waals surface area contributed by atoms with Crippen LogP contribution in [0.3, 0.4) is 0 Å². The van der Waals surface area contributed by atoms with Crippen LogP contribution in [0.25, 0.3) is 0 Å². The summed E-state index contributed by atoms with van der Waals surface area (Å²) in [7, 11) is 0. The zero-order valence-electron chi connectivity index (χ0n) is 16.6. The highest BCUT2D eigenvalue weighted by Gasteiger charge is 2.29. The number of nitrogens with zero attached hydrogens (tertiary/aromatic N) is 2. The lowest BCUT2D eigenvalue weighted by molar-refractivity contribution is -0.120. The number of halogens is 1. The molecule has 4 rings (SSSR count). The summed E-state index contributed by atoms with van der Waals surface area (Å²) in [6.45, 7) is 3.22. The van der Waals surface area contributed by atoms with Crippen molar-refractivity contribution in [3.8, 4) is 0 Å². The Morgan fingerprint density at radius 1 is 1.17 bits per heavy atom. The molecule has 0 aromatic heterocycles. The van der Waals surface area contributed by atoms with E-state index >= 15 is 0 Å². The summed E-state index contributed by atoms with van der Waals surface area (Å²) in [5, 5.41) is 3.40. The van der Waals surface area contributed by atoms with Gasteiger partial charge in [0.05, 0.1) is 11.4 Å². The first kappa shape index (κ1) is 20.8. The standard InChI is InChI=1S/C22H22ClN3O3S/c1-14-16(23)5-4-6-17(14)24-20(27)12-26-18-11-15(22(29)25-9-2-3-10-25)7-8-19(18)30-13-21(26)28/h4-8,11H,2-3,9-10,12-13H2,1H3,(H,24,27). The van der Waals surface area contributed by atoms with Gasteiger partial charge in [0.2, 0.25) is 11.8 Å². The number of likely N-dealkylation sites (tertiary alicyclic amines) is 1. The van der Waals surface area contributed by atoms with Gasteiger partial charge in [0.1, 0.15) is 6.54 Å². The first-order valence-electron chi connectivity index (χ1n) is 9.85. The molecule has 156 valence electrons. The topological polar surface area (TPSA) is 69.7 Å². The van der Waals surface area contributed by atoms with Crippen molar-refractivity contribution >= 4 is 52.5 Å². The van der Waals surface area contributed by atoms with E-state index in [1.165, 1.54) is 16.7 Å². The van der Waals surface area contributed by atoms with Crippen molar-refractivity contribution in [2.75, 3.05) is 35.6 Å². The molecule has 1 fully saturated rings. The smallest absolute Gasteiger partial charge is 0.253 e. The van der Waals surface area contributed by atoms with Gasteiger partial charge in [-0.2, -0.15) is 0 Å². The highest BCUT2D eigenvalue weighted by atomic mass is 35.5. The molecule has 0 unspecified atom stereocenters. The second-order valence-corrected chi connectivity index (χ2v) is 8.84. The van der Waals surface area contributed by atoms with Crippen LogP contribution in [-0.2, 0) is 9.59 Å². The van der Waals surface area contributed by atoms with E-state index in [2.05, 4.69) is 5.32 Å². The number of carbonyl (C=O) groups excluding carboxylic acids is 3. The fraction of sp³-hybridized carbons (Fsp3) is 0.318.